The molecule has 1 saturated heterocycles. The van der Waals surface area contributed by atoms with Crippen LogP contribution in [0, 0.1) is 17.7 Å². The summed E-state index contributed by atoms with van der Waals surface area (Å²) in [5.41, 5.74) is -0.917. The van der Waals surface area contributed by atoms with E-state index in [1.165, 1.54) is 23.4 Å². The zero-order chi connectivity index (χ0) is 22.6. The summed E-state index contributed by atoms with van der Waals surface area (Å²) in [7, 11) is 0. The Morgan fingerprint density at radius 1 is 1.21 bits per heavy atom. The van der Waals surface area contributed by atoms with Crippen LogP contribution in [0.3, 0.4) is 0 Å². The average molecular weight is 527 g/mol. The first kappa shape index (κ1) is 25.6. The fourth-order valence-electron chi connectivity index (χ4n) is 3.93. The Labute approximate surface area is 217 Å². The molecular weight excluding hydrogens is 503 g/mol. The minimum atomic E-state index is -1.65. The first-order chi connectivity index (χ1) is 15.5. The Balaban J connectivity index is 0.00000306. The van der Waals surface area contributed by atoms with Crippen molar-refractivity contribution in [3.8, 4) is 0 Å². The quantitative estimate of drug-likeness (QED) is 0.291. The van der Waals surface area contributed by atoms with Gasteiger partial charge < -0.3 is 15.0 Å². The van der Waals surface area contributed by atoms with Gasteiger partial charge in [0.05, 0.1) is 6.54 Å². The molecule has 1 radical (unpaired) electrons. The predicted octanol–water partition coefficient (Wildman–Crippen LogP) is 2.48. The van der Waals surface area contributed by atoms with Crippen molar-refractivity contribution in [3.05, 3.63) is 78.4 Å². The van der Waals surface area contributed by atoms with Gasteiger partial charge in [-0.2, -0.15) is 23.3 Å². The number of aliphatic hydroxyl groups is 1. The van der Waals surface area contributed by atoms with Crippen LogP contribution in [0.1, 0.15) is 12.5 Å². The molecule has 7 nitrogen and oxygen atoms in total. The number of aliphatic imine (C=N–C) groups is 1. The van der Waals surface area contributed by atoms with Crippen molar-refractivity contribution in [3.63, 3.8) is 0 Å². The molecule has 1 fully saturated rings. The van der Waals surface area contributed by atoms with Crippen molar-refractivity contribution in [2.24, 2.45) is 4.99 Å². The summed E-state index contributed by atoms with van der Waals surface area (Å²) in [4.78, 5) is 12.3. The van der Waals surface area contributed by atoms with Crippen molar-refractivity contribution in [1.82, 2.24) is 24.6 Å². The van der Waals surface area contributed by atoms with Crippen LogP contribution in [0.25, 0.3) is 0 Å². The topological polar surface area (TPSA) is 69.8 Å². The maximum atomic E-state index is 14.7. The van der Waals surface area contributed by atoms with E-state index in [0.29, 0.717) is 31.9 Å². The largest absolute Gasteiger partial charge is 0.460 e. The van der Waals surface area contributed by atoms with Crippen LogP contribution in [0.4, 0.5) is 14.5 Å². The van der Waals surface area contributed by atoms with Crippen molar-refractivity contribution in [1.29, 1.82) is 0 Å². The van der Waals surface area contributed by atoms with Crippen molar-refractivity contribution >= 4 is 12.0 Å². The summed E-state index contributed by atoms with van der Waals surface area (Å²) in [5, 5.41) is 15.8. The van der Waals surface area contributed by atoms with Crippen LogP contribution in [0.15, 0.2) is 60.1 Å². The molecule has 1 aliphatic rings. The van der Waals surface area contributed by atoms with Crippen LogP contribution in [0.5, 0.6) is 0 Å². The minimum absolute atomic E-state index is 0. The van der Waals surface area contributed by atoms with E-state index in [4.69, 9.17) is 0 Å². The Morgan fingerprint density at radius 2 is 2.00 bits per heavy atom. The monoisotopic (exact) mass is 527 g/mol. The van der Waals surface area contributed by atoms with Gasteiger partial charge in [0.2, 0.25) is 0 Å². The van der Waals surface area contributed by atoms with Crippen LogP contribution in [-0.2, 0) is 44.9 Å². The molecular formula is C23H24F2N6OY-2. The van der Waals surface area contributed by atoms with Gasteiger partial charge in [0.15, 0.2) is 0 Å². The minimum Gasteiger partial charge on any atom is -0.460 e. The van der Waals surface area contributed by atoms with E-state index in [0.717, 1.165) is 12.1 Å². The Kier molecular flexibility index (Phi) is 8.81. The van der Waals surface area contributed by atoms with Gasteiger partial charge in [-0.25, -0.2) is 30.2 Å². The third-order valence-corrected chi connectivity index (χ3v) is 5.82. The third-order valence-electron chi connectivity index (χ3n) is 5.82. The molecule has 0 aliphatic carbocycles. The molecule has 2 aromatic carbocycles. The first-order valence-corrected chi connectivity index (χ1v) is 10.4. The summed E-state index contributed by atoms with van der Waals surface area (Å²) in [6.07, 6.45) is 5.85. The van der Waals surface area contributed by atoms with Gasteiger partial charge in [0.1, 0.15) is 29.9 Å². The molecule has 4 rings (SSSR count). The Bertz CT molecular complexity index is 1040. The number of hydrogen-bond donors (Lipinski definition) is 1. The van der Waals surface area contributed by atoms with Gasteiger partial charge in [0, 0.05) is 76.6 Å². The number of halogens is 2. The molecule has 1 aromatic heterocycles. The van der Waals surface area contributed by atoms with Crippen molar-refractivity contribution in [2.45, 2.75) is 25.1 Å². The number of aromatic nitrogens is 3. The van der Waals surface area contributed by atoms with E-state index in [1.807, 2.05) is 30.0 Å². The molecule has 1 N–H and O–H groups in total. The van der Waals surface area contributed by atoms with Gasteiger partial charge in [-0.15, -0.1) is 0 Å². The number of hydrogen-bond acceptors (Lipinski definition) is 5. The second kappa shape index (κ2) is 11.4. The molecule has 0 amide bonds. The molecule has 10 heteroatoms. The number of piperazine rings is 1. The zero-order valence-corrected chi connectivity index (χ0v) is 21.1. The Hall–Kier alpha value is -2.07. The molecule has 0 bridgehead atoms. The number of benzene rings is 2. The summed E-state index contributed by atoms with van der Waals surface area (Å²) in [5.74, 6) is -1.49. The molecule has 1 aliphatic heterocycles. The maximum Gasteiger partial charge on any atom is 0.137 e. The predicted molar refractivity (Wildman–Crippen MR) is 115 cm³/mol. The van der Waals surface area contributed by atoms with Gasteiger partial charge in [-0.3, -0.25) is 11.0 Å². The normalized spacial score (nSPS) is 17.5. The van der Waals surface area contributed by atoms with E-state index in [-0.39, 0.29) is 44.8 Å². The molecule has 3 aromatic rings. The summed E-state index contributed by atoms with van der Waals surface area (Å²) in [6.45, 7) is 4.34. The van der Waals surface area contributed by atoms with Crippen LogP contribution < -0.4 is 0 Å². The Morgan fingerprint density at radius 3 is 2.64 bits per heavy atom. The second-order valence-electron chi connectivity index (χ2n) is 7.80. The van der Waals surface area contributed by atoms with Crippen molar-refractivity contribution in [2.75, 3.05) is 26.2 Å². The summed E-state index contributed by atoms with van der Waals surface area (Å²) < 4.78 is 29.7. The van der Waals surface area contributed by atoms with Gasteiger partial charge in [-0.05, 0) is 13.0 Å². The smallest absolute Gasteiger partial charge is 0.137 e. The van der Waals surface area contributed by atoms with Crippen molar-refractivity contribution < 1.29 is 46.6 Å². The number of rotatable bonds is 7. The zero-order valence-electron chi connectivity index (χ0n) is 18.3. The fraction of sp³-hybridized carbons (Fsp3) is 0.348. The summed E-state index contributed by atoms with van der Waals surface area (Å²) in [6, 6.07) is 13.2. The third kappa shape index (κ3) is 6.09. The van der Waals surface area contributed by atoms with E-state index >= 15 is 0 Å². The first-order valence-electron chi connectivity index (χ1n) is 10.4. The molecule has 0 saturated carbocycles. The maximum absolute atomic E-state index is 14.7. The average Bonchev–Trinajstić information content (AvgIpc) is 3.31. The molecule has 0 spiro atoms. The van der Waals surface area contributed by atoms with E-state index in [1.54, 1.807) is 6.07 Å². The van der Waals surface area contributed by atoms with E-state index in [9.17, 15) is 13.9 Å². The van der Waals surface area contributed by atoms with E-state index in [2.05, 4.69) is 32.4 Å². The van der Waals surface area contributed by atoms with Crippen LogP contribution >= 0.6 is 0 Å². The van der Waals surface area contributed by atoms with E-state index < -0.39 is 23.3 Å². The number of nitrogens with zero attached hydrogens (tertiary/aromatic N) is 6. The number of para-hydroxylation sites is 1. The molecule has 2 atom stereocenters. The SMILES string of the molecule is CC(N1CCN([C-]=Nc2[c-]cccc2)CC1)C(O)(Cn1cncn1)c1ccc(F)cc1F.[Y]. The van der Waals surface area contributed by atoms with Gasteiger partial charge in [0.25, 0.3) is 0 Å². The standard InChI is InChI=1S/C23H24F2N6O.Y/c1-18(30-11-9-29(10-12-30)17-27-20-5-3-2-4-6-20)23(32,14-31-16-26-15-28-31)21-8-7-19(24)13-22(21)25;/h2-5,7-8,13,15-16,18,32H,9-12,14H2,1H3;/q-2;. The molecule has 171 valence electrons. The van der Waals surface area contributed by atoms with Crippen LogP contribution in [-0.4, -0.2) is 68.2 Å². The van der Waals surface area contributed by atoms with Gasteiger partial charge >= 0.3 is 0 Å². The van der Waals surface area contributed by atoms with Crippen LogP contribution in [0.2, 0.25) is 0 Å². The molecule has 2 heterocycles. The fourth-order valence-corrected chi connectivity index (χ4v) is 3.93. The molecule has 33 heavy (non-hydrogen) atoms. The second-order valence-corrected chi connectivity index (χ2v) is 7.80. The molecule has 2 unspecified atom stereocenters. The van der Waals surface area contributed by atoms with Gasteiger partial charge in [-0.1, -0.05) is 12.4 Å². The summed E-state index contributed by atoms with van der Waals surface area (Å²) >= 11 is 0.